The van der Waals surface area contributed by atoms with E-state index in [0.717, 1.165) is 19.3 Å². The number of Topliss-reactive ketones (excluding diaryl/α,β-unsaturated/α-hetero) is 1. The second-order valence-corrected chi connectivity index (χ2v) is 9.66. The Kier molecular flexibility index (Phi) is 8.79. The van der Waals surface area contributed by atoms with E-state index in [4.69, 9.17) is 0 Å². The Morgan fingerprint density at radius 3 is 2.24 bits per heavy atom. The highest BCUT2D eigenvalue weighted by atomic mass is 32.2. The maximum Gasteiger partial charge on any atom is 0.243 e. The number of nitrogens with zero attached hydrogens (tertiary/aromatic N) is 2. The molecule has 1 aromatic rings. The SMILES string of the molecule is CCCCC[C@H](C)NC(=O)CN1CCN(S(=O)(=O)c2ccc(C(C)=O)cc2)CC1. The molecule has 1 heterocycles. The molecule has 7 nitrogen and oxygen atoms in total. The molecule has 0 saturated carbocycles. The van der Waals surface area contributed by atoms with E-state index >= 15 is 0 Å². The van der Waals surface area contributed by atoms with Gasteiger partial charge in [-0.05, 0) is 32.4 Å². The molecule has 0 spiro atoms. The van der Waals surface area contributed by atoms with Crippen LogP contribution >= 0.6 is 0 Å². The summed E-state index contributed by atoms with van der Waals surface area (Å²) in [6, 6.07) is 6.20. The second-order valence-electron chi connectivity index (χ2n) is 7.73. The summed E-state index contributed by atoms with van der Waals surface area (Å²) in [5.74, 6) is -0.106. The zero-order valence-electron chi connectivity index (χ0n) is 17.7. The number of rotatable bonds is 10. The molecule has 8 heteroatoms. The maximum atomic E-state index is 12.8. The Morgan fingerprint density at radius 2 is 1.69 bits per heavy atom. The van der Waals surface area contributed by atoms with Crippen LogP contribution in [0.25, 0.3) is 0 Å². The van der Waals surface area contributed by atoms with Gasteiger partial charge in [-0.2, -0.15) is 4.31 Å². The number of carbonyl (C=O) groups is 2. The van der Waals surface area contributed by atoms with Gasteiger partial charge < -0.3 is 5.32 Å². The Morgan fingerprint density at radius 1 is 1.07 bits per heavy atom. The Labute approximate surface area is 174 Å². The number of hydrogen-bond acceptors (Lipinski definition) is 5. The van der Waals surface area contributed by atoms with Gasteiger partial charge in [-0.25, -0.2) is 8.42 Å². The van der Waals surface area contributed by atoms with E-state index < -0.39 is 10.0 Å². The smallest absolute Gasteiger partial charge is 0.243 e. The zero-order valence-corrected chi connectivity index (χ0v) is 18.5. The lowest BCUT2D eigenvalue weighted by molar-refractivity contribution is -0.123. The molecule has 1 amide bonds. The minimum Gasteiger partial charge on any atom is -0.353 e. The third-order valence-electron chi connectivity index (χ3n) is 5.25. The fraction of sp³-hybridized carbons (Fsp3) is 0.619. The highest BCUT2D eigenvalue weighted by Gasteiger charge is 2.29. The van der Waals surface area contributed by atoms with Crippen molar-refractivity contribution in [1.29, 1.82) is 0 Å². The first kappa shape index (κ1) is 23.5. The summed E-state index contributed by atoms with van der Waals surface area (Å²) in [5.41, 5.74) is 0.490. The van der Waals surface area contributed by atoms with Crippen molar-refractivity contribution in [3.8, 4) is 0 Å². The summed E-state index contributed by atoms with van der Waals surface area (Å²) in [5, 5.41) is 3.03. The number of sulfonamides is 1. The molecule has 0 radical (unpaired) electrons. The number of amides is 1. The van der Waals surface area contributed by atoms with Crippen LogP contribution in [-0.4, -0.2) is 68.1 Å². The van der Waals surface area contributed by atoms with E-state index in [1.54, 1.807) is 0 Å². The molecule has 29 heavy (non-hydrogen) atoms. The Hall–Kier alpha value is -1.77. The van der Waals surface area contributed by atoms with Crippen molar-refractivity contribution >= 4 is 21.7 Å². The highest BCUT2D eigenvalue weighted by Crippen LogP contribution is 2.18. The molecule has 0 aromatic heterocycles. The molecule has 1 fully saturated rings. The van der Waals surface area contributed by atoms with Gasteiger partial charge in [-0.3, -0.25) is 14.5 Å². The average molecular weight is 424 g/mol. The monoisotopic (exact) mass is 423 g/mol. The molecule has 1 aliphatic rings. The lowest BCUT2D eigenvalue weighted by atomic mass is 10.1. The van der Waals surface area contributed by atoms with Gasteiger partial charge in [0, 0.05) is 37.8 Å². The molecule has 1 atom stereocenters. The fourth-order valence-corrected chi connectivity index (χ4v) is 4.86. The standard InChI is InChI=1S/C21H33N3O4S/c1-4-5-6-7-17(2)22-21(26)16-23-12-14-24(15-13-23)29(27,28)20-10-8-19(9-11-20)18(3)25/h8-11,17H,4-7,12-16H2,1-3H3,(H,22,26)/t17-/m0/s1. The summed E-state index contributed by atoms with van der Waals surface area (Å²) in [6.45, 7) is 7.64. The molecule has 0 unspecified atom stereocenters. The molecule has 0 bridgehead atoms. The molecule has 1 saturated heterocycles. The summed E-state index contributed by atoms with van der Waals surface area (Å²) in [6.07, 6.45) is 4.43. The summed E-state index contributed by atoms with van der Waals surface area (Å²) in [4.78, 5) is 25.8. The number of piperazine rings is 1. The predicted molar refractivity (Wildman–Crippen MR) is 113 cm³/mol. The average Bonchev–Trinajstić information content (AvgIpc) is 2.68. The summed E-state index contributed by atoms with van der Waals surface area (Å²) < 4.78 is 27.1. The largest absolute Gasteiger partial charge is 0.353 e. The first-order chi connectivity index (χ1) is 13.7. The molecule has 0 aliphatic carbocycles. The number of unbranched alkanes of at least 4 members (excludes halogenated alkanes) is 2. The molecule has 2 rings (SSSR count). The van der Waals surface area contributed by atoms with Gasteiger partial charge >= 0.3 is 0 Å². The normalized spacial score (nSPS) is 17.1. The van der Waals surface area contributed by atoms with Crippen LogP contribution in [0.15, 0.2) is 29.2 Å². The number of carbonyl (C=O) groups excluding carboxylic acids is 2. The molecular formula is C21H33N3O4S. The van der Waals surface area contributed by atoms with Crippen molar-refractivity contribution in [3.63, 3.8) is 0 Å². The first-order valence-electron chi connectivity index (χ1n) is 10.4. The Balaban J connectivity index is 1.83. The van der Waals surface area contributed by atoms with Gasteiger partial charge in [-0.1, -0.05) is 38.3 Å². The number of ketones is 1. The summed E-state index contributed by atoms with van der Waals surface area (Å²) in [7, 11) is -3.59. The van der Waals surface area contributed by atoms with Crippen LogP contribution in [0.2, 0.25) is 0 Å². The van der Waals surface area contributed by atoms with Gasteiger partial charge in [0.25, 0.3) is 0 Å². The highest BCUT2D eigenvalue weighted by molar-refractivity contribution is 7.89. The number of nitrogens with one attached hydrogen (secondary N) is 1. The second kappa shape index (κ2) is 10.8. The van der Waals surface area contributed by atoms with Crippen LogP contribution in [0.5, 0.6) is 0 Å². The molecule has 1 aliphatic heterocycles. The minimum atomic E-state index is -3.59. The van der Waals surface area contributed by atoms with Gasteiger partial charge in [-0.15, -0.1) is 0 Å². The van der Waals surface area contributed by atoms with Crippen molar-refractivity contribution in [2.45, 2.75) is 57.4 Å². The lowest BCUT2D eigenvalue weighted by Gasteiger charge is -2.33. The third kappa shape index (κ3) is 6.90. The first-order valence-corrected chi connectivity index (χ1v) is 11.8. The van der Waals surface area contributed by atoms with E-state index in [2.05, 4.69) is 12.2 Å². The third-order valence-corrected chi connectivity index (χ3v) is 7.16. The lowest BCUT2D eigenvalue weighted by Crippen LogP contribution is -2.51. The molecule has 1 aromatic carbocycles. The van der Waals surface area contributed by atoms with Gasteiger partial charge in [0.15, 0.2) is 5.78 Å². The quantitative estimate of drug-likeness (QED) is 0.461. The van der Waals surface area contributed by atoms with Crippen molar-refractivity contribution in [1.82, 2.24) is 14.5 Å². The van der Waals surface area contributed by atoms with Gasteiger partial charge in [0.1, 0.15) is 0 Å². The van der Waals surface area contributed by atoms with E-state index in [0.29, 0.717) is 38.3 Å². The zero-order chi connectivity index (χ0) is 21.4. The van der Waals surface area contributed by atoms with Crippen molar-refractivity contribution in [3.05, 3.63) is 29.8 Å². The van der Waals surface area contributed by atoms with Crippen LogP contribution in [0.1, 0.15) is 56.8 Å². The van der Waals surface area contributed by atoms with Crippen LogP contribution in [0.3, 0.4) is 0 Å². The number of hydrogen-bond donors (Lipinski definition) is 1. The van der Waals surface area contributed by atoms with Crippen molar-refractivity contribution in [2.75, 3.05) is 32.7 Å². The topological polar surface area (TPSA) is 86.8 Å². The molecular weight excluding hydrogens is 390 g/mol. The van der Waals surface area contributed by atoms with E-state index in [9.17, 15) is 18.0 Å². The maximum absolute atomic E-state index is 12.8. The van der Waals surface area contributed by atoms with Gasteiger partial charge in [0.2, 0.25) is 15.9 Å². The van der Waals surface area contributed by atoms with Crippen molar-refractivity contribution < 1.29 is 18.0 Å². The molecule has 1 N–H and O–H groups in total. The van der Waals surface area contributed by atoms with E-state index in [1.807, 2.05) is 11.8 Å². The van der Waals surface area contributed by atoms with Crippen LogP contribution in [0.4, 0.5) is 0 Å². The fourth-order valence-electron chi connectivity index (χ4n) is 3.43. The Bertz CT molecular complexity index is 785. The van der Waals surface area contributed by atoms with Crippen molar-refractivity contribution in [2.24, 2.45) is 0 Å². The number of benzene rings is 1. The van der Waals surface area contributed by atoms with E-state index in [1.165, 1.54) is 41.9 Å². The van der Waals surface area contributed by atoms with E-state index in [-0.39, 0.29) is 22.6 Å². The molecule has 162 valence electrons. The van der Waals surface area contributed by atoms with Crippen LogP contribution in [-0.2, 0) is 14.8 Å². The minimum absolute atomic E-state index is 0.00914. The van der Waals surface area contributed by atoms with Gasteiger partial charge in [0.05, 0.1) is 11.4 Å². The van der Waals surface area contributed by atoms with Crippen LogP contribution in [0, 0.1) is 0 Å². The van der Waals surface area contributed by atoms with Crippen LogP contribution < -0.4 is 5.32 Å². The predicted octanol–water partition coefficient (Wildman–Crippen LogP) is 2.28. The summed E-state index contributed by atoms with van der Waals surface area (Å²) >= 11 is 0.